The molecule has 0 amide bonds. The molecule has 0 heterocycles. The van der Waals surface area contributed by atoms with Crippen LogP contribution in [0.2, 0.25) is 0 Å². The van der Waals surface area contributed by atoms with Crippen LogP contribution < -0.4 is 9.47 Å². The fourth-order valence-corrected chi connectivity index (χ4v) is 8.01. The lowest BCUT2D eigenvalue weighted by Crippen LogP contribution is -2.22. The van der Waals surface area contributed by atoms with Crippen molar-refractivity contribution in [1.29, 1.82) is 0 Å². The first-order valence-corrected chi connectivity index (χ1v) is 18.1. The summed E-state index contributed by atoms with van der Waals surface area (Å²) in [5, 5.41) is 0. The Bertz CT molecular complexity index is 1430. The Morgan fingerprint density at radius 3 is 2.04 bits per heavy atom. The summed E-state index contributed by atoms with van der Waals surface area (Å²) in [6.07, 6.45) is 11.3. The summed E-state index contributed by atoms with van der Waals surface area (Å²) in [4.78, 5) is 12.8. The molecular formula is C38H46Br2O5. The lowest BCUT2D eigenvalue weighted by atomic mass is 9.92. The molecule has 7 heteroatoms. The zero-order valence-electron chi connectivity index (χ0n) is 27.0. The van der Waals surface area contributed by atoms with Gasteiger partial charge in [0.05, 0.1) is 28.6 Å². The molecule has 2 aliphatic rings. The average molecular weight is 743 g/mol. The summed E-state index contributed by atoms with van der Waals surface area (Å²) in [6, 6.07) is 16.6. The number of ether oxygens (including phenoxy) is 4. The predicted molar refractivity (Wildman–Crippen MR) is 187 cm³/mol. The molecule has 242 valence electrons. The molecule has 2 fully saturated rings. The molecular weight excluding hydrogens is 696 g/mol. The third-order valence-corrected chi connectivity index (χ3v) is 10.1. The summed E-state index contributed by atoms with van der Waals surface area (Å²) in [5.41, 5.74) is 5.12. The number of esters is 1. The minimum absolute atomic E-state index is 0.0431. The largest absolute Gasteiger partial charge is 0.496 e. The molecule has 2 saturated carbocycles. The Hall–Kier alpha value is -2.35. The molecule has 0 spiro atoms. The van der Waals surface area contributed by atoms with Gasteiger partial charge in [-0.2, -0.15) is 0 Å². The van der Waals surface area contributed by atoms with Crippen LogP contribution in [-0.4, -0.2) is 25.3 Å². The molecule has 2 aliphatic carbocycles. The van der Waals surface area contributed by atoms with Crippen molar-refractivity contribution in [2.75, 3.05) is 7.11 Å². The van der Waals surface area contributed by atoms with E-state index >= 15 is 0 Å². The van der Waals surface area contributed by atoms with Crippen molar-refractivity contribution in [3.05, 3.63) is 85.3 Å². The molecule has 45 heavy (non-hydrogen) atoms. The molecule has 0 N–H and O–H groups in total. The molecule has 0 aromatic heterocycles. The van der Waals surface area contributed by atoms with Crippen LogP contribution in [0, 0.1) is 6.92 Å². The van der Waals surface area contributed by atoms with E-state index in [0.29, 0.717) is 11.5 Å². The second kappa shape index (κ2) is 16.0. The molecule has 0 bridgehead atoms. The van der Waals surface area contributed by atoms with E-state index in [-0.39, 0.29) is 36.6 Å². The van der Waals surface area contributed by atoms with Crippen LogP contribution in [0.1, 0.15) is 118 Å². The maximum absolute atomic E-state index is 12.8. The highest BCUT2D eigenvalue weighted by Crippen LogP contribution is 2.46. The minimum Gasteiger partial charge on any atom is -0.496 e. The highest BCUT2D eigenvalue weighted by molar-refractivity contribution is 9.11. The normalized spacial score (nSPS) is 16.9. The van der Waals surface area contributed by atoms with E-state index in [1.807, 2.05) is 12.1 Å². The van der Waals surface area contributed by atoms with Gasteiger partial charge in [0.25, 0.3) is 0 Å². The first kappa shape index (κ1) is 34.0. The van der Waals surface area contributed by atoms with E-state index in [9.17, 15) is 4.79 Å². The number of rotatable bonds is 11. The van der Waals surface area contributed by atoms with Crippen molar-refractivity contribution in [3.8, 4) is 17.2 Å². The van der Waals surface area contributed by atoms with Crippen LogP contribution in [0.15, 0.2) is 57.5 Å². The standard InChI is InChI=1S/C38H46Br2O5/c1-24(2)30-22-35(45-38-32(39)19-26(20-33(38)40)21-36(41)43-28-14-7-5-8-15-28)31(23-34(30)42-4)37(27-13-11-12-25(3)18-27)44-29-16-9-6-10-17-29/h11-13,18-20,22-24,28-29,37H,5-10,14-17,21H2,1-4H3. The van der Waals surface area contributed by atoms with Gasteiger partial charge >= 0.3 is 5.97 Å². The van der Waals surface area contributed by atoms with Crippen molar-refractivity contribution in [1.82, 2.24) is 0 Å². The smallest absolute Gasteiger partial charge is 0.310 e. The SMILES string of the molecule is COc1cc(C(OC2CCCCC2)c2cccc(C)c2)c(Oc2c(Br)cc(CC(=O)OC3CCCCC3)cc2Br)cc1C(C)C. The molecule has 0 radical (unpaired) electrons. The van der Waals surface area contributed by atoms with Gasteiger partial charge in [0.1, 0.15) is 23.7 Å². The summed E-state index contributed by atoms with van der Waals surface area (Å²) in [6.45, 7) is 6.43. The van der Waals surface area contributed by atoms with E-state index in [4.69, 9.17) is 18.9 Å². The molecule has 0 aliphatic heterocycles. The predicted octanol–water partition coefficient (Wildman–Crippen LogP) is 11.3. The Morgan fingerprint density at radius 1 is 0.822 bits per heavy atom. The monoisotopic (exact) mass is 740 g/mol. The Morgan fingerprint density at radius 2 is 1.44 bits per heavy atom. The van der Waals surface area contributed by atoms with E-state index in [2.05, 4.69) is 89.0 Å². The van der Waals surface area contributed by atoms with Crippen LogP contribution in [0.4, 0.5) is 0 Å². The molecule has 3 aromatic carbocycles. The third kappa shape index (κ3) is 8.93. The van der Waals surface area contributed by atoms with Gasteiger partial charge < -0.3 is 18.9 Å². The number of benzene rings is 3. The maximum Gasteiger partial charge on any atom is 0.310 e. The summed E-state index contributed by atoms with van der Waals surface area (Å²) in [5.74, 6) is 2.21. The van der Waals surface area contributed by atoms with Gasteiger partial charge in [-0.1, -0.05) is 69.4 Å². The average Bonchev–Trinajstić information content (AvgIpc) is 3.02. The molecule has 3 aromatic rings. The highest BCUT2D eigenvalue weighted by Gasteiger charge is 2.28. The minimum atomic E-state index is -0.329. The summed E-state index contributed by atoms with van der Waals surface area (Å²) >= 11 is 7.50. The fraction of sp³-hybridized carbons (Fsp3) is 0.500. The second-order valence-corrected chi connectivity index (χ2v) is 14.6. The second-order valence-electron chi connectivity index (χ2n) is 12.9. The number of carbonyl (C=O) groups is 1. The topological polar surface area (TPSA) is 54.0 Å². The van der Waals surface area contributed by atoms with Crippen LogP contribution in [0.5, 0.6) is 17.2 Å². The van der Waals surface area contributed by atoms with Crippen LogP contribution >= 0.6 is 31.9 Å². The third-order valence-electron chi connectivity index (χ3n) is 8.96. The fourth-order valence-electron chi connectivity index (χ4n) is 6.57. The van der Waals surface area contributed by atoms with Gasteiger partial charge in [-0.05, 0) is 119 Å². The van der Waals surface area contributed by atoms with Crippen molar-refractivity contribution in [3.63, 3.8) is 0 Å². The number of halogens is 2. The molecule has 5 nitrogen and oxygen atoms in total. The van der Waals surface area contributed by atoms with Crippen LogP contribution in [-0.2, 0) is 20.7 Å². The zero-order valence-corrected chi connectivity index (χ0v) is 30.2. The Labute approximate surface area is 285 Å². The summed E-state index contributed by atoms with van der Waals surface area (Å²) in [7, 11) is 1.72. The van der Waals surface area contributed by atoms with Crippen molar-refractivity contribution in [2.24, 2.45) is 0 Å². The zero-order chi connectivity index (χ0) is 31.9. The number of hydrogen-bond donors (Lipinski definition) is 0. The summed E-state index contributed by atoms with van der Waals surface area (Å²) < 4.78 is 27.0. The van der Waals surface area contributed by atoms with Crippen molar-refractivity contribution < 1.29 is 23.7 Å². The van der Waals surface area contributed by atoms with Gasteiger partial charge in [0.15, 0.2) is 5.75 Å². The Balaban J connectivity index is 1.50. The van der Waals surface area contributed by atoms with E-state index < -0.39 is 0 Å². The number of hydrogen-bond acceptors (Lipinski definition) is 5. The van der Waals surface area contributed by atoms with Gasteiger partial charge in [0.2, 0.25) is 0 Å². The lowest BCUT2D eigenvalue weighted by Gasteiger charge is -2.30. The van der Waals surface area contributed by atoms with Gasteiger partial charge in [-0.3, -0.25) is 4.79 Å². The van der Waals surface area contributed by atoms with Crippen LogP contribution in [0.25, 0.3) is 0 Å². The number of aryl methyl sites for hydroxylation is 1. The van der Waals surface area contributed by atoms with E-state index in [1.165, 1.54) is 31.2 Å². The van der Waals surface area contributed by atoms with Gasteiger partial charge in [-0.25, -0.2) is 0 Å². The van der Waals surface area contributed by atoms with Gasteiger partial charge in [0, 0.05) is 11.1 Å². The van der Waals surface area contributed by atoms with Crippen molar-refractivity contribution >= 4 is 37.8 Å². The van der Waals surface area contributed by atoms with E-state index in [0.717, 1.165) is 75.5 Å². The van der Waals surface area contributed by atoms with Crippen molar-refractivity contribution in [2.45, 2.75) is 116 Å². The molecule has 0 saturated heterocycles. The molecule has 1 atom stereocenters. The first-order valence-electron chi connectivity index (χ1n) is 16.5. The molecule has 1 unspecified atom stereocenters. The number of methoxy groups -OCH3 is 1. The maximum atomic E-state index is 12.8. The van der Waals surface area contributed by atoms with Gasteiger partial charge in [-0.15, -0.1) is 0 Å². The van der Waals surface area contributed by atoms with Crippen LogP contribution in [0.3, 0.4) is 0 Å². The molecule has 5 rings (SSSR count). The first-order chi connectivity index (χ1) is 21.7. The quantitative estimate of drug-likeness (QED) is 0.183. The van der Waals surface area contributed by atoms with E-state index in [1.54, 1.807) is 7.11 Å². The Kier molecular flexibility index (Phi) is 12.1. The lowest BCUT2D eigenvalue weighted by molar-refractivity contribution is -0.149. The number of carbonyl (C=O) groups excluding carboxylic acids is 1. The highest BCUT2D eigenvalue weighted by atomic mass is 79.9.